The van der Waals surface area contributed by atoms with Crippen molar-refractivity contribution < 1.29 is 4.74 Å². The first-order valence-corrected chi connectivity index (χ1v) is 5.28. The predicted octanol–water partition coefficient (Wildman–Crippen LogP) is 1.65. The number of halogens is 1. The highest BCUT2D eigenvalue weighted by Gasteiger charge is 2.21. The average molecular weight is 282 g/mol. The van der Waals surface area contributed by atoms with Gasteiger partial charge >= 0.3 is 0 Å². The number of hydrogen-bond donors (Lipinski definition) is 0. The van der Waals surface area contributed by atoms with Gasteiger partial charge in [0.2, 0.25) is 3.83 Å². The lowest BCUT2D eigenvalue weighted by atomic mass is 10.1. The summed E-state index contributed by atoms with van der Waals surface area (Å²) in [6, 6.07) is 0. The Kier molecular flexibility index (Phi) is 2.38. The van der Waals surface area contributed by atoms with Crippen molar-refractivity contribution in [1.82, 2.24) is 9.36 Å². The minimum absolute atomic E-state index is 0.510. The molecular formula is C6H7IN2OS. The van der Waals surface area contributed by atoms with E-state index in [0.29, 0.717) is 5.92 Å². The van der Waals surface area contributed by atoms with Crippen molar-refractivity contribution in [2.24, 2.45) is 0 Å². The molecule has 1 aromatic rings. The van der Waals surface area contributed by atoms with Gasteiger partial charge in [-0.15, -0.1) is 0 Å². The topological polar surface area (TPSA) is 35.0 Å². The second-order valence-corrected chi connectivity index (χ2v) is 4.21. The van der Waals surface area contributed by atoms with Gasteiger partial charge in [0.1, 0.15) is 5.01 Å². The summed E-state index contributed by atoms with van der Waals surface area (Å²) in [5, 5.41) is 1.13. The van der Waals surface area contributed by atoms with Crippen LogP contribution in [0.1, 0.15) is 17.3 Å². The van der Waals surface area contributed by atoms with Crippen molar-refractivity contribution in [3.63, 3.8) is 0 Å². The van der Waals surface area contributed by atoms with Crippen LogP contribution < -0.4 is 0 Å². The third kappa shape index (κ3) is 1.70. The summed E-state index contributed by atoms with van der Waals surface area (Å²) in [5.41, 5.74) is 0. The Hall–Kier alpha value is 0.250. The van der Waals surface area contributed by atoms with Crippen molar-refractivity contribution in [2.45, 2.75) is 12.3 Å². The molecule has 0 aromatic carbocycles. The van der Waals surface area contributed by atoms with E-state index < -0.39 is 0 Å². The first-order valence-electron chi connectivity index (χ1n) is 3.43. The summed E-state index contributed by atoms with van der Waals surface area (Å²) >= 11 is 3.63. The Labute approximate surface area is 82.5 Å². The maximum absolute atomic E-state index is 5.26. The Morgan fingerprint density at radius 2 is 2.55 bits per heavy atom. The van der Waals surface area contributed by atoms with Gasteiger partial charge in [0.15, 0.2) is 0 Å². The zero-order valence-electron chi connectivity index (χ0n) is 5.79. The van der Waals surface area contributed by atoms with Gasteiger partial charge < -0.3 is 4.74 Å². The van der Waals surface area contributed by atoms with Crippen molar-refractivity contribution in [2.75, 3.05) is 13.2 Å². The van der Waals surface area contributed by atoms with Gasteiger partial charge in [0, 0.05) is 35.1 Å². The molecule has 0 radical (unpaired) electrons. The van der Waals surface area contributed by atoms with Crippen LogP contribution in [0.2, 0.25) is 0 Å². The van der Waals surface area contributed by atoms with Crippen molar-refractivity contribution in [3.8, 4) is 0 Å². The van der Waals surface area contributed by atoms with Gasteiger partial charge in [-0.25, -0.2) is 4.98 Å². The van der Waals surface area contributed by atoms with E-state index >= 15 is 0 Å². The van der Waals surface area contributed by atoms with Gasteiger partial charge in [-0.1, -0.05) is 0 Å². The van der Waals surface area contributed by atoms with Crippen molar-refractivity contribution >= 4 is 34.1 Å². The number of rotatable bonds is 1. The quantitative estimate of drug-likeness (QED) is 0.735. The fourth-order valence-electron chi connectivity index (χ4n) is 1.11. The largest absolute Gasteiger partial charge is 0.381 e. The molecule has 1 fully saturated rings. The molecule has 2 heterocycles. The summed E-state index contributed by atoms with van der Waals surface area (Å²) in [4.78, 5) is 4.31. The van der Waals surface area contributed by atoms with E-state index in [0.717, 1.165) is 28.5 Å². The van der Waals surface area contributed by atoms with Gasteiger partial charge in [-0.2, -0.15) is 4.37 Å². The molecule has 1 aliphatic heterocycles. The van der Waals surface area contributed by atoms with E-state index in [1.807, 2.05) is 0 Å². The lowest BCUT2D eigenvalue weighted by Crippen LogP contribution is -1.96. The molecule has 1 atom stereocenters. The van der Waals surface area contributed by atoms with Gasteiger partial charge in [0.05, 0.1) is 6.61 Å². The molecule has 2 rings (SSSR count). The van der Waals surface area contributed by atoms with Crippen LogP contribution >= 0.6 is 34.1 Å². The fraction of sp³-hybridized carbons (Fsp3) is 0.667. The van der Waals surface area contributed by atoms with E-state index in [1.165, 1.54) is 11.5 Å². The molecule has 11 heavy (non-hydrogen) atoms. The van der Waals surface area contributed by atoms with Crippen LogP contribution in [0, 0.1) is 3.83 Å². The molecule has 0 bridgehead atoms. The van der Waals surface area contributed by atoms with E-state index in [9.17, 15) is 0 Å². The number of nitrogens with zero attached hydrogens (tertiary/aromatic N) is 2. The summed E-state index contributed by atoms with van der Waals surface area (Å²) in [5.74, 6) is 0.510. The SMILES string of the molecule is Ic1nsc(C2CCOC2)n1. The number of hydrogen-bond acceptors (Lipinski definition) is 4. The van der Waals surface area contributed by atoms with Gasteiger partial charge in [-0.05, 0) is 18.0 Å². The lowest BCUT2D eigenvalue weighted by molar-refractivity contribution is 0.194. The average Bonchev–Trinajstić information content (AvgIpc) is 2.55. The molecule has 5 heteroatoms. The zero-order chi connectivity index (χ0) is 7.68. The van der Waals surface area contributed by atoms with Crippen LogP contribution in [0.25, 0.3) is 0 Å². The smallest absolute Gasteiger partial charge is 0.203 e. The molecule has 0 amide bonds. The van der Waals surface area contributed by atoms with E-state index in [1.54, 1.807) is 0 Å². The van der Waals surface area contributed by atoms with Crippen molar-refractivity contribution in [3.05, 3.63) is 8.84 Å². The maximum atomic E-state index is 5.26. The first kappa shape index (κ1) is 7.88. The molecule has 1 aliphatic rings. The molecular weight excluding hydrogens is 275 g/mol. The number of aromatic nitrogens is 2. The van der Waals surface area contributed by atoms with Crippen LogP contribution in [0.4, 0.5) is 0 Å². The monoisotopic (exact) mass is 282 g/mol. The minimum atomic E-state index is 0.510. The molecule has 60 valence electrons. The number of ether oxygens (including phenoxy) is 1. The summed E-state index contributed by atoms with van der Waals surface area (Å²) in [6.07, 6.45) is 1.10. The Morgan fingerprint density at radius 1 is 1.64 bits per heavy atom. The second-order valence-electron chi connectivity index (χ2n) is 2.46. The zero-order valence-corrected chi connectivity index (χ0v) is 8.76. The second kappa shape index (κ2) is 3.32. The van der Waals surface area contributed by atoms with Gasteiger partial charge in [-0.3, -0.25) is 0 Å². The highest BCUT2D eigenvalue weighted by molar-refractivity contribution is 14.1. The maximum Gasteiger partial charge on any atom is 0.203 e. The summed E-state index contributed by atoms with van der Waals surface area (Å²) < 4.78 is 10.2. The normalized spacial score (nSPS) is 24.3. The fourth-order valence-corrected chi connectivity index (χ4v) is 2.50. The summed E-state index contributed by atoms with van der Waals surface area (Å²) in [7, 11) is 0. The van der Waals surface area contributed by atoms with E-state index in [4.69, 9.17) is 4.74 Å². The van der Waals surface area contributed by atoms with Crippen LogP contribution in [0.3, 0.4) is 0 Å². The first-order chi connectivity index (χ1) is 5.36. The Balaban J connectivity index is 2.15. The Morgan fingerprint density at radius 3 is 3.09 bits per heavy atom. The van der Waals surface area contributed by atoms with Gasteiger partial charge in [0.25, 0.3) is 0 Å². The molecule has 0 N–H and O–H groups in total. The third-order valence-corrected chi connectivity index (χ3v) is 3.38. The summed E-state index contributed by atoms with van der Waals surface area (Å²) in [6.45, 7) is 1.70. The standard InChI is InChI=1S/C6H7IN2OS/c7-6-8-5(11-9-6)4-1-2-10-3-4/h4H,1-3H2. The molecule has 0 aliphatic carbocycles. The minimum Gasteiger partial charge on any atom is -0.381 e. The van der Waals surface area contributed by atoms with Crippen LogP contribution in [-0.2, 0) is 4.74 Å². The van der Waals surface area contributed by atoms with E-state index in [2.05, 4.69) is 31.9 Å². The lowest BCUT2D eigenvalue weighted by Gasteiger charge is -1.98. The van der Waals surface area contributed by atoms with Crippen molar-refractivity contribution in [1.29, 1.82) is 0 Å². The molecule has 0 saturated carbocycles. The highest BCUT2D eigenvalue weighted by Crippen LogP contribution is 2.26. The van der Waals surface area contributed by atoms with Crippen LogP contribution in [0.15, 0.2) is 0 Å². The molecule has 1 aromatic heterocycles. The molecule has 1 saturated heterocycles. The third-order valence-electron chi connectivity index (χ3n) is 1.70. The van der Waals surface area contributed by atoms with Crippen LogP contribution in [0.5, 0.6) is 0 Å². The highest BCUT2D eigenvalue weighted by atomic mass is 127. The Bertz CT molecular complexity index is 246. The molecule has 0 spiro atoms. The predicted molar refractivity (Wildman–Crippen MR) is 50.8 cm³/mol. The molecule has 1 unspecified atom stereocenters. The van der Waals surface area contributed by atoms with Crippen LogP contribution in [-0.4, -0.2) is 22.6 Å². The molecule has 3 nitrogen and oxygen atoms in total. The van der Waals surface area contributed by atoms with E-state index in [-0.39, 0.29) is 0 Å².